The van der Waals surface area contributed by atoms with Crippen LogP contribution in [0.5, 0.6) is 0 Å². The number of aromatic nitrogens is 4. The zero-order chi connectivity index (χ0) is 21.1. The number of nitrogens with one attached hydrogen (secondary N) is 1. The topological polar surface area (TPSA) is 85.8 Å². The largest absolute Gasteiger partial charge is 0.416 e. The van der Waals surface area contributed by atoms with Gasteiger partial charge < -0.3 is 9.73 Å². The molecule has 0 fully saturated rings. The Bertz CT molecular complexity index is 1140. The number of carbonyl (C=O) groups is 1. The van der Waals surface area contributed by atoms with Crippen LogP contribution in [0, 0.1) is 12.8 Å². The first-order valence-electron chi connectivity index (χ1n) is 9.84. The van der Waals surface area contributed by atoms with Gasteiger partial charge in [0.25, 0.3) is 5.91 Å². The van der Waals surface area contributed by atoms with Crippen molar-refractivity contribution in [2.24, 2.45) is 5.92 Å². The summed E-state index contributed by atoms with van der Waals surface area (Å²) in [6, 6.07) is 16.8. The Hall–Kier alpha value is -3.74. The first kappa shape index (κ1) is 19.6. The molecule has 0 aliphatic heterocycles. The molecule has 0 aliphatic carbocycles. The second-order valence-electron chi connectivity index (χ2n) is 7.60. The minimum atomic E-state index is -0.196. The number of nitrogens with zero attached hydrogens (tertiary/aromatic N) is 4. The van der Waals surface area contributed by atoms with Gasteiger partial charge in [0.2, 0.25) is 11.8 Å². The second kappa shape index (κ2) is 8.32. The Morgan fingerprint density at radius 3 is 2.17 bits per heavy atom. The highest BCUT2D eigenvalue weighted by Gasteiger charge is 2.13. The van der Waals surface area contributed by atoms with E-state index in [1.807, 2.05) is 31.2 Å². The highest BCUT2D eigenvalue weighted by Crippen LogP contribution is 2.24. The van der Waals surface area contributed by atoms with Crippen molar-refractivity contribution in [3.63, 3.8) is 0 Å². The van der Waals surface area contributed by atoms with E-state index in [0.29, 0.717) is 29.1 Å². The first-order valence-corrected chi connectivity index (χ1v) is 9.84. The van der Waals surface area contributed by atoms with Gasteiger partial charge in [0.05, 0.1) is 6.20 Å². The zero-order valence-corrected chi connectivity index (χ0v) is 17.2. The molecule has 0 spiro atoms. The molecule has 0 saturated heterocycles. The molecule has 0 bridgehead atoms. The molecule has 2 heterocycles. The molecule has 7 heteroatoms. The van der Waals surface area contributed by atoms with Crippen LogP contribution in [0.4, 0.5) is 5.82 Å². The van der Waals surface area contributed by atoms with Gasteiger partial charge in [-0.3, -0.25) is 4.79 Å². The van der Waals surface area contributed by atoms with Crippen molar-refractivity contribution in [3.8, 4) is 22.9 Å². The van der Waals surface area contributed by atoms with Gasteiger partial charge in [0.15, 0.2) is 0 Å². The van der Waals surface area contributed by atoms with E-state index in [1.54, 1.807) is 41.2 Å². The van der Waals surface area contributed by atoms with Gasteiger partial charge in [-0.1, -0.05) is 31.5 Å². The monoisotopic (exact) mass is 401 g/mol. The Morgan fingerprint density at radius 2 is 1.57 bits per heavy atom. The van der Waals surface area contributed by atoms with Gasteiger partial charge in [-0.25, -0.2) is 4.68 Å². The smallest absolute Gasteiger partial charge is 0.256 e. The van der Waals surface area contributed by atoms with E-state index >= 15 is 0 Å². The molecule has 0 aliphatic rings. The maximum Gasteiger partial charge on any atom is 0.256 e. The van der Waals surface area contributed by atoms with Crippen LogP contribution in [0.15, 0.2) is 65.2 Å². The molecular weight excluding hydrogens is 378 g/mol. The van der Waals surface area contributed by atoms with E-state index < -0.39 is 0 Å². The third kappa shape index (κ3) is 4.30. The Kier molecular flexibility index (Phi) is 5.43. The number of benzene rings is 2. The molecular formula is C23H23N5O2. The number of rotatable bonds is 6. The molecule has 0 saturated carbocycles. The van der Waals surface area contributed by atoms with E-state index in [-0.39, 0.29) is 5.91 Å². The Morgan fingerprint density at radius 1 is 0.967 bits per heavy atom. The number of amides is 1. The highest BCUT2D eigenvalue weighted by atomic mass is 16.4. The molecule has 2 aromatic heterocycles. The van der Waals surface area contributed by atoms with Crippen LogP contribution in [-0.4, -0.2) is 25.9 Å². The lowest BCUT2D eigenvalue weighted by Gasteiger charge is -2.11. The minimum absolute atomic E-state index is 0.196. The molecule has 0 radical (unpaired) electrons. The van der Waals surface area contributed by atoms with Crippen LogP contribution in [-0.2, 0) is 6.54 Å². The van der Waals surface area contributed by atoms with Crippen LogP contribution >= 0.6 is 0 Å². The van der Waals surface area contributed by atoms with Crippen molar-refractivity contribution in [3.05, 3.63) is 71.9 Å². The lowest BCUT2D eigenvalue weighted by molar-refractivity contribution is 0.102. The summed E-state index contributed by atoms with van der Waals surface area (Å²) < 4.78 is 7.59. The van der Waals surface area contributed by atoms with Crippen LogP contribution in [0.25, 0.3) is 22.9 Å². The van der Waals surface area contributed by atoms with Gasteiger partial charge in [-0.05, 0) is 49.2 Å². The Labute approximate surface area is 174 Å². The molecule has 1 N–H and O–H groups in total. The van der Waals surface area contributed by atoms with E-state index in [9.17, 15) is 4.79 Å². The van der Waals surface area contributed by atoms with E-state index in [1.165, 1.54) is 5.56 Å². The average molecular weight is 401 g/mol. The van der Waals surface area contributed by atoms with Gasteiger partial charge >= 0.3 is 0 Å². The molecule has 7 nitrogen and oxygen atoms in total. The summed E-state index contributed by atoms with van der Waals surface area (Å²) >= 11 is 0. The molecule has 1 amide bonds. The van der Waals surface area contributed by atoms with Crippen molar-refractivity contribution in [1.29, 1.82) is 0 Å². The normalized spacial score (nSPS) is 11.1. The van der Waals surface area contributed by atoms with Crippen molar-refractivity contribution in [2.75, 3.05) is 5.32 Å². The molecule has 0 unspecified atom stereocenters. The standard InChI is InChI=1S/C23H23N5O2/c1-15(2)14-28-20(12-13-24-28)25-21(29)17-8-10-19(11-9-17)23-27-26-22(30-23)18-6-4-16(3)5-7-18/h4-13,15H,14H2,1-3H3,(H,25,29). The minimum Gasteiger partial charge on any atom is -0.416 e. The van der Waals surface area contributed by atoms with Crippen molar-refractivity contribution < 1.29 is 9.21 Å². The van der Waals surface area contributed by atoms with Gasteiger partial charge in [0.1, 0.15) is 5.82 Å². The summed E-state index contributed by atoms with van der Waals surface area (Å²) in [7, 11) is 0. The summed E-state index contributed by atoms with van der Waals surface area (Å²) in [5.74, 6) is 1.78. The van der Waals surface area contributed by atoms with Gasteiger partial charge in [0, 0.05) is 29.3 Å². The lowest BCUT2D eigenvalue weighted by atomic mass is 10.1. The van der Waals surface area contributed by atoms with E-state index in [2.05, 4.69) is 34.5 Å². The fraction of sp³-hybridized carbons (Fsp3) is 0.217. The summed E-state index contributed by atoms with van der Waals surface area (Å²) in [6.07, 6.45) is 1.68. The quantitative estimate of drug-likeness (QED) is 0.501. The van der Waals surface area contributed by atoms with E-state index in [0.717, 1.165) is 17.7 Å². The number of hydrogen-bond donors (Lipinski definition) is 1. The van der Waals surface area contributed by atoms with Crippen molar-refractivity contribution in [1.82, 2.24) is 20.0 Å². The van der Waals surface area contributed by atoms with Crippen LogP contribution < -0.4 is 5.32 Å². The number of anilines is 1. The average Bonchev–Trinajstić information content (AvgIpc) is 3.38. The van der Waals surface area contributed by atoms with Crippen LogP contribution in [0.1, 0.15) is 29.8 Å². The SMILES string of the molecule is Cc1ccc(-c2nnc(-c3ccc(C(=O)Nc4ccnn4CC(C)C)cc3)o2)cc1. The number of carbonyl (C=O) groups excluding carboxylic acids is 1. The molecule has 4 aromatic rings. The summed E-state index contributed by atoms with van der Waals surface area (Å²) in [5.41, 5.74) is 3.32. The van der Waals surface area contributed by atoms with E-state index in [4.69, 9.17) is 4.42 Å². The summed E-state index contributed by atoms with van der Waals surface area (Å²) in [5, 5.41) is 15.4. The molecule has 2 aromatic carbocycles. The molecule has 0 atom stereocenters. The van der Waals surface area contributed by atoms with Gasteiger partial charge in [-0.2, -0.15) is 5.10 Å². The van der Waals surface area contributed by atoms with Crippen LogP contribution in [0.3, 0.4) is 0 Å². The summed E-state index contributed by atoms with van der Waals surface area (Å²) in [6.45, 7) is 6.97. The fourth-order valence-electron chi connectivity index (χ4n) is 3.04. The fourth-order valence-corrected chi connectivity index (χ4v) is 3.04. The Balaban J connectivity index is 1.47. The van der Waals surface area contributed by atoms with Crippen LogP contribution in [0.2, 0.25) is 0 Å². The predicted molar refractivity (Wildman–Crippen MR) is 115 cm³/mol. The van der Waals surface area contributed by atoms with Crippen molar-refractivity contribution in [2.45, 2.75) is 27.3 Å². The van der Waals surface area contributed by atoms with Gasteiger partial charge in [-0.15, -0.1) is 10.2 Å². The highest BCUT2D eigenvalue weighted by molar-refractivity contribution is 6.04. The number of aryl methyl sites for hydroxylation is 1. The van der Waals surface area contributed by atoms with Crippen molar-refractivity contribution >= 4 is 11.7 Å². The molecule has 152 valence electrons. The second-order valence-corrected chi connectivity index (χ2v) is 7.60. The molecule has 30 heavy (non-hydrogen) atoms. The predicted octanol–water partition coefficient (Wildman–Crippen LogP) is 4.82. The maximum absolute atomic E-state index is 12.6. The zero-order valence-electron chi connectivity index (χ0n) is 17.2. The number of hydrogen-bond acceptors (Lipinski definition) is 5. The third-order valence-corrected chi connectivity index (χ3v) is 4.61. The summed E-state index contributed by atoms with van der Waals surface area (Å²) in [4.78, 5) is 12.6. The molecule has 4 rings (SSSR count). The third-order valence-electron chi connectivity index (χ3n) is 4.61. The maximum atomic E-state index is 12.6. The first-order chi connectivity index (χ1) is 14.5. The lowest BCUT2D eigenvalue weighted by Crippen LogP contribution is -2.17.